The van der Waals surface area contributed by atoms with Gasteiger partial charge in [0.2, 0.25) is 0 Å². The van der Waals surface area contributed by atoms with E-state index in [2.05, 4.69) is 15.6 Å². The molecule has 138 valence electrons. The first kappa shape index (κ1) is 16.7. The second-order valence-electron chi connectivity index (χ2n) is 7.45. The van der Waals surface area contributed by atoms with Gasteiger partial charge in [-0.05, 0) is 42.7 Å². The standard InChI is InChI=1S/C22H19N5O/c23-11-15-2-1-3-17(10-15)22(28)26-13-18-6-9-27-20(16-4-7-24-8-5-16)12-25-21(27)19(18)14-26/h1-5,7-8,10,12,18-19H,6,9,13-14H2. The van der Waals surface area contributed by atoms with Crippen LogP contribution >= 0.6 is 0 Å². The third-order valence-electron chi connectivity index (χ3n) is 5.88. The van der Waals surface area contributed by atoms with Crippen LogP contribution < -0.4 is 0 Å². The molecule has 0 spiro atoms. The number of fused-ring (bicyclic) bond motifs is 3. The Kier molecular flexibility index (Phi) is 3.94. The van der Waals surface area contributed by atoms with Gasteiger partial charge in [-0.25, -0.2) is 4.98 Å². The van der Waals surface area contributed by atoms with Crippen LogP contribution in [0.4, 0.5) is 0 Å². The molecule has 0 aliphatic carbocycles. The van der Waals surface area contributed by atoms with E-state index in [1.807, 2.05) is 23.2 Å². The Morgan fingerprint density at radius 3 is 2.86 bits per heavy atom. The lowest BCUT2D eigenvalue weighted by molar-refractivity contribution is 0.0785. The number of benzene rings is 1. The number of imidazole rings is 1. The summed E-state index contributed by atoms with van der Waals surface area (Å²) in [7, 11) is 0. The first-order chi connectivity index (χ1) is 13.7. The summed E-state index contributed by atoms with van der Waals surface area (Å²) in [6.07, 6.45) is 6.57. The molecule has 0 radical (unpaired) electrons. The van der Waals surface area contributed by atoms with E-state index in [1.165, 1.54) is 0 Å². The number of nitrogens with zero attached hydrogens (tertiary/aromatic N) is 5. The van der Waals surface area contributed by atoms with Crippen LogP contribution in [0.5, 0.6) is 0 Å². The van der Waals surface area contributed by atoms with Gasteiger partial charge in [0.25, 0.3) is 5.91 Å². The van der Waals surface area contributed by atoms with Gasteiger partial charge in [-0.2, -0.15) is 5.26 Å². The van der Waals surface area contributed by atoms with Crippen LogP contribution in [-0.4, -0.2) is 38.4 Å². The van der Waals surface area contributed by atoms with Gasteiger partial charge < -0.3 is 9.47 Å². The summed E-state index contributed by atoms with van der Waals surface area (Å²) < 4.78 is 2.29. The molecule has 28 heavy (non-hydrogen) atoms. The molecule has 2 atom stereocenters. The van der Waals surface area contributed by atoms with Gasteiger partial charge in [0.1, 0.15) is 5.82 Å². The molecule has 0 N–H and O–H groups in total. The number of aromatic nitrogens is 3. The number of amides is 1. The molecule has 0 saturated carbocycles. The first-order valence-corrected chi connectivity index (χ1v) is 9.50. The maximum Gasteiger partial charge on any atom is 0.253 e. The molecule has 2 aliphatic rings. The number of nitriles is 1. The molecular formula is C22H19N5O. The number of likely N-dealkylation sites (tertiary alicyclic amines) is 1. The minimum Gasteiger partial charge on any atom is -0.338 e. The zero-order chi connectivity index (χ0) is 19.1. The highest BCUT2D eigenvalue weighted by atomic mass is 16.2. The van der Waals surface area contributed by atoms with Gasteiger partial charge in [-0.3, -0.25) is 9.78 Å². The molecule has 1 saturated heterocycles. The van der Waals surface area contributed by atoms with E-state index in [4.69, 9.17) is 10.2 Å². The summed E-state index contributed by atoms with van der Waals surface area (Å²) in [5, 5.41) is 9.09. The summed E-state index contributed by atoms with van der Waals surface area (Å²) in [5.41, 5.74) is 3.33. The highest BCUT2D eigenvalue weighted by molar-refractivity contribution is 5.94. The molecule has 1 fully saturated rings. The Morgan fingerprint density at radius 1 is 1.18 bits per heavy atom. The topological polar surface area (TPSA) is 74.8 Å². The van der Waals surface area contributed by atoms with Crippen LogP contribution in [0.2, 0.25) is 0 Å². The number of carbonyl (C=O) groups excluding carboxylic acids is 1. The molecule has 2 aromatic heterocycles. The Balaban J connectivity index is 1.42. The summed E-state index contributed by atoms with van der Waals surface area (Å²) in [5.74, 6) is 1.76. The zero-order valence-electron chi connectivity index (χ0n) is 15.3. The van der Waals surface area contributed by atoms with E-state index in [0.29, 0.717) is 23.6 Å². The number of pyridine rings is 1. The largest absolute Gasteiger partial charge is 0.338 e. The van der Waals surface area contributed by atoms with Crippen LogP contribution in [0.1, 0.15) is 34.1 Å². The highest BCUT2D eigenvalue weighted by Gasteiger charge is 2.41. The van der Waals surface area contributed by atoms with Crippen molar-refractivity contribution in [1.29, 1.82) is 5.26 Å². The number of hydrogen-bond donors (Lipinski definition) is 0. The molecule has 2 unspecified atom stereocenters. The molecule has 4 heterocycles. The lowest BCUT2D eigenvalue weighted by Crippen LogP contribution is -2.28. The average Bonchev–Trinajstić information content (AvgIpc) is 3.37. The van der Waals surface area contributed by atoms with E-state index in [1.54, 1.807) is 36.7 Å². The van der Waals surface area contributed by atoms with Crippen molar-refractivity contribution in [3.05, 3.63) is 71.9 Å². The van der Waals surface area contributed by atoms with E-state index in [-0.39, 0.29) is 11.8 Å². The maximum atomic E-state index is 13.0. The van der Waals surface area contributed by atoms with Crippen LogP contribution in [0.3, 0.4) is 0 Å². The van der Waals surface area contributed by atoms with Crippen molar-refractivity contribution >= 4 is 5.91 Å². The summed E-state index contributed by atoms with van der Waals surface area (Å²) in [4.78, 5) is 23.7. The predicted octanol–water partition coefficient (Wildman–Crippen LogP) is 3.08. The van der Waals surface area contributed by atoms with E-state index < -0.39 is 0 Å². The van der Waals surface area contributed by atoms with Gasteiger partial charge in [0.05, 0.1) is 23.5 Å². The number of rotatable bonds is 2. The molecule has 2 aliphatic heterocycles. The van der Waals surface area contributed by atoms with Crippen LogP contribution in [0.15, 0.2) is 55.0 Å². The van der Waals surface area contributed by atoms with Crippen molar-refractivity contribution < 1.29 is 4.79 Å². The smallest absolute Gasteiger partial charge is 0.253 e. The van der Waals surface area contributed by atoms with E-state index >= 15 is 0 Å². The quantitative estimate of drug-likeness (QED) is 0.696. The normalized spacial score (nSPS) is 20.3. The Hall–Kier alpha value is -3.46. The first-order valence-electron chi connectivity index (χ1n) is 9.50. The summed E-state index contributed by atoms with van der Waals surface area (Å²) in [6.45, 7) is 2.34. The molecule has 1 aromatic carbocycles. The molecule has 3 aromatic rings. The predicted molar refractivity (Wildman–Crippen MR) is 103 cm³/mol. The van der Waals surface area contributed by atoms with E-state index in [9.17, 15) is 4.79 Å². The molecule has 1 amide bonds. The minimum atomic E-state index is -0.000960. The molecular weight excluding hydrogens is 350 g/mol. The van der Waals surface area contributed by atoms with Crippen molar-refractivity contribution in [2.45, 2.75) is 18.9 Å². The monoisotopic (exact) mass is 369 g/mol. The lowest BCUT2D eigenvalue weighted by Gasteiger charge is -2.26. The fourth-order valence-corrected chi connectivity index (χ4v) is 4.50. The molecule has 0 bridgehead atoms. The number of hydrogen-bond acceptors (Lipinski definition) is 4. The van der Waals surface area contributed by atoms with Crippen molar-refractivity contribution in [3.63, 3.8) is 0 Å². The van der Waals surface area contributed by atoms with Crippen molar-refractivity contribution in [1.82, 2.24) is 19.4 Å². The van der Waals surface area contributed by atoms with Gasteiger partial charge in [0.15, 0.2) is 0 Å². The van der Waals surface area contributed by atoms with Gasteiger partial charge in [0, 0.05) is 49.1 Å². The van der Waals surface area contributed by atoms with Crippen LogP contribution in [0, 0.1) is 17.2 Å². The molecule has 6 heteroatoms. The third kappa shape index (κ3) is 2.67. The Labute approximate surface area is 163 Å². The fraction of sp³-hybridized carbons (Fsp3) is 0.273. The maximum absolute atomic E-state index is 13.0. The van der Waals surface area contributed by atoms with Crippen molar-refractivity contribution in [3.8, 4) is 17.3 Å². The highest BCUT2D eigenvalue weighted by Crippen LogP contribution is 2.40. The van der Waals surface area contributed by atoms with Crippen molar-refractivity contribution in [2.75, 3.05) is 13.1 Å². The fourth-order valence-electron chi connectivity index (χ4n) is 4.50. The Morgan fingerprint density at radius 2 is 2.04 bits per heavy atom. The zero-order valence-corrected chi connectivity index (χ0v) is 15.3. The Bertz CT molecular complexity index is 1080. The van der Waals surface area contributed by atoms with Gasteiger partial charge in [-0.15, -0.1) is 0 Å². The van der Waals surface area contributed by atoms with Gasteiger partial charge in [-0.1, -0.05) is 6.07 Å². The SMILES string of the molecule is N#Cc1cccc(C(=O)N2CC3CCn4c(-c5ccncc5)cnc4C3C2)c1. The third-order valence-corrected chi connectivity index (χ3v) is 5.88. The van der Waals surface area contributed by atoms with Gasteiger partial charge >= 0.3 is 0 Å². The van der Waals surface area contributed by atoms with Crippen molar-refractivity contribution in [2.24, 2.45) is 5.92 Å². The second-order valence-corrected chi connectivity index (χ2v) is 7.45. The van der Waals surface area contributed by atoms with Crippen LogP contribution in [-0.2, 0) is 6.54 Å². The molecule has 5 rings (SSSR count). The summed E-state index contributed by atoms with van der Waals surface area (Å²) >= 11 is 0. The lowest BCUT2D eigenvalue weighted by atomic mass is 9.89. The number of carbonyl (C=O) groups is 1. The summed E-state index contributed by atoms with van der Waals surface area (Å²) in [6, 6.07) is 13.1. The average molecular weight is 369 g/mol. The second kappa shape index (κ2) is 6.61. The molecule has 6 nitrogen and oxygen atoms in total. The van der Waals surface area contributed by atoms with Crippen LogP contribution in [0.25, 0.3) is 11.3 Å². The minimum absolute atomic E-state index is 0.000960. The van der Waals surface area contributed by atoms with E-state index in [0.717, 1.165) is 36.6 Å².